The summed E-state index contributed by atoms with van der Waals surface area (Å²) in [5.41, 5.74) is 0.894. The fraction of sp³-hybridized carbons (Fsp3) is 0.458. The number of pyridine rings is 1. The van der Waals surface area contributed by atoms with E-state index < -0.39 is 27.7 Å². The summed E-state index contributed by atoms with van der Waals surface area (Å²) in [4.78, 5) is 28.1. The van der Waals surface area contributed by atoms with Crippen molar-refractivity contribution in [3.63, 3.8) is 0 Å². The smallest absolute Gasteiger partial charge is 0.475 e. The summed E-state index contributed by atoms with van der Waals surface area (Å²) >= 11 is 0. The van der Waals surface area contributed by atoms with Crippen LogP contribution >= 0.6 is 0 Å². The maximum atomic E-state index is 13.5. The highest BCUT2D eigenvalue weighted by Crippen LogP contribution is 2.50. The lowest BCUT2D eigenvalue weighted by molar-refractivity contribution is -0.192. The van der Waals surface area contributed by atoms with Crippen LogP contribution in [0.4, 0.5) is 18.0 Å². The maximum Gasteiger partial charge on any atom is 0.490 e. The molecule has 1 saturated carbocycles. The second-order valence-corrected chi connectivity index (χ2v) is 11.1. The number of nitrogens with zero attached hydrogens (tertiary/aromatic N) is 3. The molecule has 2 aromatic rings. The second kappa shape index (κ2) is 10.3. The van der Waals surface area contributed by atoms with Gasteiger partial charge in [-0.05, 0) is 42.5 Å². The van der Waals surface area contributed by atoms with Crippen molar-refractivity contribution in [2.75, 3.05) is 13.1 Å². The van der Waals surface area contributed by atoms with E-state index in [1.54, 1.807) is 33.7 Å². The molecule has 3 aliphatic rings. The van der Waals surface area contributed by atoms with Crippen LogP contribution < -0.4 is 5.32 Å². The van der Waals surface area contributed by atoms with E-state index in [9.17, 15) is 26.4 Å². The summed E-state index contributed by atoms with van der Waals surface area (Å²) in [5.74, 6) is -2.76. The van der Waals surface area contributed by atoms with Gasteiger partial charge >= 0.3 is 18.2 Å². The zero-order valence-electron chi connectivity index (χ0n) is 19.8. The Labute approximate surface area is 212 Å². The minimum absolute atomic E-state index is 0.0816. The maximum absolute atomic E-state index is 13.5. The van der Waals surface area contributed by atoms with Crippen LogP contribution in [0.2, 0.25) is 0 Å². The zero-order valence-corrected chi connectivity index (χ0v) is 20.6. The van der Waals surface area contributed by atoms with Gasteiger partial charge in [-0.25, -0.2) is 18.0 Å². The molecule has 2 fully saturated rings. The molecule has 200 valence electrons. The van der Waals surface area contributed by atoms with Crippen LogP contribution in [-0.2, 0) is 26.9 Å². The highest BCUT2D eigenvalue weighted by molar-refractivity contribution is 7.89. The Bertz CT molecular complexity index is 1250. The lowest BCUT2D eigenvalue weighted by Gasteiger charge is -2.34. The van der Waals surface area contributed by atoms with E-state index in [0.29, 0.717) is 24.4 Å². The molecule has 2 aliphatic heterocycles. The fourth-order valence-electron chi connectivity index (χ4n) is 5.18. The van der Waals surface area contributed by atoms with Crippen molar-refractivity contribution in [3.05, 3.63) is 59.9 Å². The summed E-state index contributed by atoms with van der Waals surface area (Å²) in [6.07, 6.45) is 3.23. The zero-order chi connectivity index (χ0) is 26.8. The average Bonchev–Trinajstić information content (AvgIpc) is 3.57. The van der Waals surface area contributed by atoms with Crippen molar-refractivity contribution >= 4 is 22.0 Å². The van der Waals surface area contributed by atoms with Crippen molar-refractivity contribution < 1.29 is 36.3 Å². The summed E-state index contributed by atoms with van der Waals surface area (Å²) in [7, 11) is -3.66. The number of hydrogen-bond donors (Lipinski definition) is 2. The molecule has 0 radical (unpaired) electrons. The minimum atomic E-state index is -5.08. The standard InChI is InChI=1S/C22H26N4O3S.C2HF3O2/c27-21(24-18-7-1-2-8-18)25-13-11-22(16-25)19-9-3-4-10-20(19)30(28,29)26(22)15-17-6-5-12-23-14-17;3-2(4,5)1(6)7/h3-6,9-10,12,14,18H,1-2,7-8,11,13,15-16H2,(H,24,27);(H,6,7). The number of urea groups is 1. The second-order valence-electron chi connectivity index (χ2n) is 9.31. The van der Waals surface area contributed by atoms with E-state index in [4.69, 9.17) is 9.90 Å². The third kappa shape index (κ3) is 5.42. The Balaban J connectivity index is 0.000000405. The Hall–Kier alpha value is -3.19. The molecule has 1 spiro atoms. The normalized spacial score (nSPS) is 22.9. The molecular weight excluding hydrogens is 513 g/mol. The van der Waals surface area contributed by atoms with Gasteiger partial charge in [-0.15, -0.1) is 0 Å². The molecule has 1 saturated heterocycles. The van der Waals surface area contributed by atoms with Crippen LogP contribution in [-0.4, -0.2) is 65.0 Å². The topological polar surface area (TPSA) is 120 Å². The molecular formula is C24H27F3N4O5S. The van der Waals surface area contributed by atoms with Crippen molar-refractivity contribution in [3.8, 4) is 0 Å². The first-order valence-corrected chi connectivity index (χ1v) is 13.3. The molecule has 9 nitrogen and oxygen atoms in total. The van der Waals surface area contributed by atoms with Crippen molar-refractivity contribution in [1.82, 2.24) is 19.5 Å². The molecule has 1 aromatic carbocycles. The van der Waals surface area contributed by atoms with Crippen LogP contribution in [0.3, 0.4) is 0 Å². The van der Waals surface area contributed by atoms with E-state index in [0.717, 1.165) is 36.8 Å². The van der Waals surface area contributed by atoms with E-state index in [1.165, 1.54) is 0 Å². The fourth-order valence-corrected chi connectivity index (χ4v) is 7.23. The number of hydrogen-bond acceptors (Lipinski definition) is 5. The van der Waals surface area contributed by atoms with Crippen LogP contribution in [0.15, 0.2) is 53.7 Å². The number of carbonyl (C=O) groups is 2. The van der Waals surface area contributed by atoms with Gasteiger partial charge in [-0.3, -0.25) is 4.98 Å². The van der Waals surface area contributed by atoms with Crippen molar-refractivity contribution in [1.29, 1.82) is 0 Å². The summed E-state index contributed by atoms with van der Waals surface area (Å²) in [5, 5.41) is 10.3. The van der Waals surface area contributed by atoms with Crippen molar-refractivity contribution in [2.45, 2.75) is 61.3 Å². The first-order chi connectivity index (χ1) is 17.4. The van der Waals surface area contributed by atoms with E-state index in [1.807, 2.05) is 24.3 Å². The molecule has 5 rings (SSSR count). The number of rotatable bonds is 3. The SMILES string of the molecule is O=C(NC1CCCC1)N1CCC2(C1)c1ccccc1S(=O)(=O)N2Cc1cccnc1.O=C(O)C(F)(F)F. The summed E-state index contributed by atoms with van der Waals surface area (Å²) < 4.78 is 60.3. The van der Waals surface area contributed by atoms with Crippen LogP contribution in [0.25, 0.3) is 0 Å². The number of carboxylic acid groups (broad SMARTS) is 1. The van der Waals surface area contributed by atoms with Crippen LogP contribution in [0, 0.1) is 0 Å². The molecule has 37 heavy (non-hydrogen) atoms. The highest BCUT2D eigenvalue weighted by Gasteiger charge is 2.57. The molecule has 0 bridgehead atoms. The number of sulfonamides is 1. The molecule has 1 atom stereocenters. The largest absolute Gasteiger partial charge is 0.490 e. The number of carbonyl (C=O) groups excluding carboxylic acids is 1. The van der Waals surface area contributed by atoms with Crippen molar-refractivity contribution in [2.24, 2.45) is 0 Å². The third-order valence-electron chi connectivity index (χ3n) is 6.94. The first kappa shape index (κ1) is 26.9. The van der Waals surface area contributed by atoms with Gasteiger partial charge < -0.3 is 15.3 Å². The quantitative estimate of drug-likeness (QED) is 0.615. The highest BCUT2D eigenvalue weighted by atomic mass is 32.2. The number of aromatic nitrogens is 1. The number of nitrogens with one attached hydrogen (secondary N) is 1. The summed E-state index contributed by atoms with van der Waals surface area (Å²) in [6, 6.07) is 11.1. The minimum Gasteiger partial charge on any atom is -0.475 e. The van der Waals surface area contributed by atoms with Crippen LogP contribution in [0.1, 0.15) is 43.2 Å². The van der Waals surface area contributed by atoms with Gasteiger partial charge in [0.2, 0.25) is 10.0 Å². The Kier molecular flexibility index (Phi) is 7.47. The van der Waals surface area contributed by atoms with Gasteiger partial charge in [0.25, 0.3) is 0 Å². The van der Waals surface area contributed by atoms with Gasteiger partial charge in [0, 0.05) is 38.1 Å². The van der Waals surface area contributed by atoms with E-state index in [2.05, 4.69) is 10.3 Å². The number of fused-ring (bicyclic) bond motifs is 2. The molecule has 2 N–H and O–H groups in total. The number of halogens is 3. The monoisotopic (exact) mass is 540 g/mol. The van der Waals surface area contributed by atoms with Gasteiger partial charge in [0.15, 0.2) is 0 Å². The number of amides is 2. The Morgan fingerprint density at radius 3 is 2.43 bits per heavy atom. The predicted molar refractivity (Wildman–Crippen MR) is 126 cm³/mol. The molecule has 1 aromatic heterocycles. The summed E-state index contributed by atoms with van der Waals surface area (Å²) in [6.45, 7) is 1.14. The third-order valence-corrected chi connectivity index (χ3v) is 8.91. The molecule has 3 heterocycles. The van der Waals surface area contributed by atoms with Gasteiger partial charge in [-0.1, -0.05) is 37.1 Å². The van der Waals surface area contributed by atoms with Gasteiger partial charge in [0.05, 0.1) is 10.4 Å². The molecule has 1 unspecified atom stereocenters. The number of aliphatic carboxylic acids is 1. The number of likely N-dealkylation sites (tertiary alicyclic amines) is 1. The van der Waals surface area contributed by atoms with E-state index in [-0.39, 0.29) is 18.6 Å². The predicted octanol–water partition coefficient (Wildman–Crippen LogP) is 3.47. The number of carboxylic acids is 1. The first-order valence-electron chi connectivity index (χ1n) is 11.8. The molecule has 13 heteroatoms. The van der Waals surface area contributed by atoms with Crippen LogP contribution in [0.5, 0.6) is 0 Å². The van der Waals surface area contributed by atoms with Gasteiger partial charge in [-0.2, -0.15) is 17.5 Å². The number of benzene rings is 1. The lowest BCUT2D eigenvalue weighted by Crippen LogP contribution is -2.48. The average molecular weight is 541 g/mol. The molecule has 1 aliphatic carbocycles. The lowest BCUT2D eigenvalue weighted by atomic mass is 9.88. The Morgan fingerprint density at radius 1 is 1.14 bits per heavy atom. The number of alkyl halides is 3. The van der Waals surface area contributed by atoms with E-state index >= 15 is 0 Å². The van der Waals surface area contributed by atoms with Gasteiger partial charge in [0.1, 0.15) is 0 Å². The molecule has 2 amide bonds. The Morgan fingerprint density at radius 2 is 1.81 bits per heavy atom.